The molecular weight excluding hydrogens is 130 g/mol. The van der Waals surface area contributed by atoms with Crippen molar-refractivity contribution >= 4 is 5.97 Å². The summed E-state index contributed by atoms with van der Waals surface area (Å²) in [6, 6.07) is -0.634. The highest BCUT2D eigenvalue weighted by Crippen LogP contribution is 2.06. The van der Waals surface area contributed by atoms with Crippen LogP contribution >= 0.6 is 0 Å². The maximum absolute atomic E-state index is 10.7. The molecule has 0 N–H and O–H groups in total. The standard InChI is InChI=1S/C7H11NO2/c1-5(2)6(8-3)7(9)10-4/h5-6H,1-2,4H3/t6-/m0/s1. The van der Waals surface area contributed by atoms with Gasteiger partial charge in [-0.1, -0.05) is 13.8 Å². The second kappa shape index (κ2) is 3.89. The number of rotatable bonds is 2. The predicted octanol–water partition coefficient (Wildman–Crippen LogP) is 1.10. The summed E-state index contributed by atoms with van der Waals surface area (Å²) >= 11 is 0. The minimum atomic E-state index is -0.634. The molecule has 0 heterocycles. The molecule has 0 aliphatic carbocycles. The summed E-state index contributed by atoms with van der Waals surface area (Å²) in [5.74, 6) is -0.407. The molecule has 10 heavy (non-hydrogen) atoms. The lowest BCUT2D eigenvalue weighted by Gasteiger charge is -2.04. The van der Waals surface area contributed by atoms with Crippen LogP contribution in [0.2, 0.25) is 0 Å². The zero-order chi connectivity index (χ0) is 8.15. The lowest BCUT2D eigenvalue weighted by molar-refractivity contribution is -0.142. The Bertz CT molecular complexity index is 157. The third-order valence-electron chi connectivity index (χ3n) is 1.21. The van der Waals surface area contributed by atoms with E-state index < -0.39 is 12.0 Å². The van der Waals surface area contributed by atoms with Crippen molar-refractivity contribution in [3.63, 3.8) is 0 Å². The third kappa shape index (κ3) is 2.06. The quantitative estimate of drug-likeness (QED) is 0.426. The van der Waals surface area contributed by atoms with Crippen LogP contribution in [0.5, 0.6) is 0 Å². The Hall–Kier alpha value is -1.04. The van der Waals surface area contributed by atoms with Gasteiger partial charge >= 0.3 is 12.0 Å². The summed E-state index contributed by atoms with van der Waals surface area (Å²) in [4.78, 5) is 13.9. The lowest BCUT2D eigenvalue weighted by atomic mass is 10.1. The zero-order valence-electron chi connectivity index (χ0n) is 6.42. The molecule has 0 amide bonds. The van der Waals surface area contributed by atoms with Crippen LogP contribution in [0.4, 0.5) is 0 Å². The maximum atomic E-state index is 10.7. The van der Waals surface area contributed by atoms with Crippen molar-refractivity contribution in [2.24, 2.45) is 5.92 Å². The number of carbonyl (C=O) groups is 1. The average molecular weight is 141 g/mol. The molecular formula is C7H11NO2. The Kier molecular flexibility index (Phi) is 3.48. The van der Waals surface area contributed by atoms with E-state index in [0.717, 1.165) is 0 Å². The van der Waals surface area contributed by atoms with E-state index in [9.17, 15) is 4.79 Å². The molecule has 56 valence electrons. The molecule has 0 saturated heterocycles. The number of hydrogen-bond donors (Lipinski definition) is 0. The number of nitrogens with zero attached hydrogens (tertiary/aromatic N) is 1. The molecule has 0 rings (SSSR count). The summed E-state index contributed by atoms with van der Waals surface area (Å²) in [6.07, 6.45) is 0. The first-order chi connectivity index (χ1) is 4.63. The number of esters is 1. The van der Waals surface area contributed by atoms with Crippen molar-refractivity contribution in [2.45, 2.75) is 19.9 Å². The van der Waals surface area contributed by atoms with Crippen LogP contribution in [0.3, 0.4) is 0 Å². The fraction of sp³-hybridized carbons (Fsp3) is 0.714. The van der Waals surface area contributed by atoms with Gasteiger partial charge in [-0.25, -0.2) is 11.4 Å². The number of methoxy groups -OCH3 is 1. The van der Waals surface area contributed by atoms with E-state index in [-0.39, 0.29) is 5.92 Å². The molecule has 0 unspecified atom stereocenters. The normalized spacial score (nSPS) is 12.3. The van der Waals surface area contributed by atoms with Gasteiger partial charge in [0.25, 0.3) is 0 Å². The lowest BCUT2D eigenvalue weighted by Crippen LogP contribution is -2.23. The van der Waals surface area contributed by atoms with E-state index in [4.69, 9.17) is 6.57 Å². The molecule has 3 heteroatoms. The zero-order valence-corrected chi connectivity index (χ0v) is 6.42. The molecule has 0 fully saturated rings. The molecule has 0 spiro atoms. The first-order valence-corrected chi connectivity index (χ1v) is 3.08. The Morgan fingerprint density at radius 1 is 1.60 bits per heavy atom. The van der Waals surface area contributed by atoms with E-state index in [1.807, 2.05) is 13.8 Å². The van der Waals surface area contributed by atoms with Crippen molar-refractivity contribution in [1.82, 2.24) is 0 Å². The van der Waals surface area contributed by atoms with Crippen LogP contribution in [0, 0.1) is 12.5 Å². The molecule has 0 aliphatic heterocycles. The van der Waals surface area contributed by atoms with Crippen molar-refractivity contribution in [3.8, 4) is 0 Å². The molecule has 0 aliphatic rings. The van der Waals surface area contributed by atoms with Gasteiger partial charge in [-0.05, 0) is 0 Å². The van der Waals surface area contributed by atoms with Gasteiger partial charge in [0.2, 0.25) is 0 Å². The highest BCUT2D eigenvalue weighted by Gasteiger charge is 2.27. The second-order valence-electron chi connectivity index (χ2n) is 2.34. The van der Waals surface area contributed by atoms with Gasteiger partial charge in [0.15, 0.2) is 0 Å². The summed E-state index contributed by atoms with van der Waals surface area (Å²) in [6.45, 7) is 10.3. The van der Waals surface area contributed by atoms with Gasteiger partial charge in [0, 0.05) is 5.92 Å². The monoisotopic (exact) mass is 141 g/mol. The largest absolute Gasteiger partial charge is 0.463 e. The van der Waals surface area contributed by atoms with Crippen molar-refractivity contribution in [1.29, 1.82) is 0 Å². The van der Waals surface area contributed by atoms with E-state index in [2.05, 4.69) is 9.58 Å². The summed E-state index contributed by atoms with van der Waals surface area (Å²) in [7, 11) is 1.29. The van der Waals surface area contributed by atoms with Gasteiger partial charge in [0.05, 0.1) is 7.11 Å². The van der Waals surface area contributed by atoms with Gasteiger partial charge < -0.3 is 9.58 Å². The summed E-state index contributed by atoms with van der Waals surface area (Å²) in [5.41, 5.74) is 0. The first kappa shape index (κ1) is 8.96. The smallest absolute Gasteiger partial charge is 0.390 e. The number of ether oxygens (including phenoxy) is 1. The van der Waals surface area contributed by atoms with Crippen molar-refractivity contribution in [2.75, 3.05) is 7.11 Å². The van der Waals surface area contributed by atoms with Crippen LogP contribution in [-0.4, -0.2) is 19.1 Å². The summed E-state index contributed by atoms with van der Waals surface area (Å²) in [5, 5.41) is 0. The molecule has 3 nitrogen and oxygen atoms in total. The van der Waals surface area contributed by atoms with Gasteiger partial charge in [0.1, 0.15) is 0 Å². The van der Waals surface area contributed by atoms with Crippen LogP contribution in [0.25, 0.3) is 4.85 Å². The highest BCUT2D eigenvalue weighted by molar-refractivity contribution is 5.77. The Labute approximate surface area is 60.8 Å². The first-order valence-electron chi connectivity index (χ1n) is 3.08. The maximum Gasteiger partial charge on any atom is 0.390 e. The van der Waals surface area contributed by atoms with E-state index in [0.29, 0.717) is 0 Å². The van der Waals surface area contributed by atoms with Crippen LogP contribution in [0.15, 0.2) is 0 Å². The van der Waals surface area contributed by atoms with Crippen LogP contribution in [0.1, 0.15) is 13.8 Å². The predicted molar refractivity (Wildman–Crippen MR) is 37.2 cm³/mol. The molecule has 0 aromatic heterocycles. The number of hydrogen-bond acceptors (Lipinski definition) is 2. The minimum absolute atomic E-state index is 0.0324. The number of carbonyl (C=O) groups excluding carboxylic acids is 1. The van der Waals surface area contributed by atoms with Crippen molar-refractivity contribution < 1.29 is 9.53 Å². The Morgan fingerprint density at radius 3 is 2.20 bits per heavy atom. The molecule has 0 bridgehead atoms. The van der Waals surface area contributed by atoms with Gasteiger partial charge in [-0.3, -0.25) is 0 Å². The fourth-order valence-electron chi connectivity index (χ4n) is 0.595. The highest BCUT2D eigenvalue weighted by atomic mass is 16.5. The second-order valence-corrected chi connectivity index (χ2v) is 2.34. The Balaban J connectivity index is 4.11. The minimum Gasteiger partial charge on any atom is -0.463 e. The van der Waals surface area contributed by atoms with E-state index in [1.54, 1.807) is 0 Å². The SMILES string of the molecule is [C-]#[N+][C@H](C(=O)OC)C(C)C. The topological polar surface area (TPSA) is 30.7 Å². The molecule has 0 aromatic rings. The average Bonchev–Trinajstić information content (AvgIpc) is 1.88. The van der Waals surface area contributed by atoms with E-state index >= 15 is 0 Å². The van der Waals surface area contributed by atoms with E-state index in [1.165, 1.54) is 7.11 Å². The molecule has 0 saturated carbocycles. The van der Waals surface area contributed by atoms with Gasteiger partial charge in [-0.2, -0.15) is 0 Å². The Morgan fingerprint density at radius 2 is 2.10 bits per heavy atom. The molecule has 1 atom stereocenters. The third-order valence-corrected chi connectivity index (χ3v) is 1.21. The summed E-state index contributed by atoms with van der Waals surface area (Å²) < 4.78 is 4.41. The molecule has 0 radical (unpaired) electrons. The fourth-order valence-corrected chi connectivity index (χ4v) is 0.595. The molecule has 0 aromatic carbocycles. The van der Waals surface area contributed by atoms with Gasteiger partial charge in [-0.15, -0.1) is 0 Å². The van der Waals surface area contributed by atoms with Crippen LogP contribution in [-0.2, 0) is 9.53 Å². The van der Waals surface area contributed by atoms with Crippen molar-refractivity contribution in [3.05, 3.63) is 11.4 Å². The van der Waals surface area contributed by atoms with Crippen LogP contribution < -0.4 is 0 Å².